The molecule has 1 amide bonds. The van der Waals surface area contributed by atoms with Gasteiger partial charge in [-0.05, 0) is 35.8 Å². The molecule has 0 saturated carbocycles. The van der Waals surface area contributed by atoms with Gasteiger partial charge in [-0.3, -0.25) is 14.9 Å². The van der Waals surface area contributed by atoms with Gasteiger partial charge in [0.2, 0.25) is 0 Å². The summed E-state index contributed by atoms with van der Waals surface area (Å²) in [5, 5.41) is 13.3. The third-order valence-corrected chi connectivity index (χ3v) is 6.08. The summed E-state index contributed by atoms with van der Waals surface area (Å²) in [5.74, 6) is -0.581. The van der Waals surface area contributed by atoms with Crippen molar-refractivity contribution in [3.05, 3.63) is 38.3 Å². The number of carbonyl (C=O) groups excluding carboxylic acids is 1. The lowest BCUT2D eigenvalue weighted by atomic mass is 10.1. The molecule has 0 aliphatic rings. The molecular formula is C12H15BrN2O5S. The highest BCUT2D eigenvalue weighted by molar-refractivity contribution is 9.10. The maximum atomic E-state index is 12.1. The molecule has 1 N–H and O–H groups in total. The maximum absolute atomic E-state index is 12.1. The smallest absolute Gasteiger partial charge is 0.284 e. The fourth-order valence-electron chi connectivity index (χ4n) is 1.36. The second-order valence-electron chi connectivity index (χ2n) is 5.11. The summed E-state index contributed by atoms with van der Waals surface area (Å²) < 4.78 is 22.1. The number of benzene rings is 1. The van der Waals surface area contributed by atoms with Gasteiger partial charge in [-0.1, -0.05) is 6.07 Å². The van der Waals surface area contributed by atoms with Gasteiger partial charge in [-0.25, -0.2) is 8.42 Å². The Labute approximate surface area is 130 Å². The molecule has 0 spiro atoms. The van der Waals surface area contributed by atoms with Crippen molar-refractivity contribution in [2.45, 2.75) is 18.6 Å². The third-order valence-electron chi connectivity index (χ3n) is 3.10. The molecule has 0 aromatic heterocycles. The number of hydrogen-bond acceptors (Lipinski definition) is 5. The number of nitrogens with zero attached hydrogens (tertiary/aromatic N) is 1. The highest BCUT2D eigenvalue weighted by Crippen LogP contribution is 2.28. The molecule has 0 heterocycles. The van der Waals surface area contributed by atoms with Gasteiger partial charge < -0.3 is 5.32 Å². The molecule has 0 aliphatic heterocycles. The van der Waals surface area contributed by atoms with Crippen LogP contribution < -0.4 is 5.32 Å². The number of rotatable bonds is 5. The molecular weight excluding hydrogens is 364 g/mol. The van der Waals surface area contributed by atoms with E-state index in [1.165, 1.54) is 32.0 Å². The highest BCUT2D eigenvalue weighted by Gasteiger charge is 2.31. The molecule has 0 fully saturated rings. The van der Waals surface area contributed by atoms with Gasteiger partial charge in [0.15, 0.2) is 9.84 Å². The topological polar surface area (TPSA) is 106 Å². The second kappa shape index (κ2) is 6.10. The summed E-state index contributed by atoms with van der Waals surface area (Å²) in [5.41, 5.74) is -0.154. The van der Waals surface area contributed by atoms with Crippen LogP contribution in [0.25, 0.3) is 0 Å². The van der Waals surface area contributed by atoms with Crippen LogP contribution in [0.5, 0.6) is 0 Å². The Morgan fingerprint density at radius 1 is 1.43 bits per heavy atom. The lowest BCUT2D eigenvalue weighted by molar-refractivity contribution is -0.385. The van der Waals surface area contributed by atoms with Crippen molar-refractivity contribution < 1.29 is 18.1 Å². The van der Waals surface area contributed by atoms with E-state index in [9.17, 15) is 23.3 Å². The molecule has 1 aromatic rings. The van der Waals surface area contributed by atoms with Crippen LogP contribution in [-0.4, -0.2) is 36.8 Å². The fourth-order valence-corrected chi connectivity index (χ4v) is 2.28. The van der Waals surface area contributed by atoms with E-state index in [1.54, 1.807) is 0 Å². The summed E-state index contributed by atoms with van der Waals surface area (Å²) in [7, 11) is -3.35. The molecule has 0 unspecified atom stereocenters. The van der Waals surface area contributed by atoms with E-state index in [2.05, 4.69) is 21.2 Å². The van der Waals surface area contributed by atoms with E-state index in [1.807, 2.05) is 0 Å². The van der Waals surface area contributed by atoms with E-state index in [0.29, 0.717) is 0 Å². The monoisotopic (exact) mass is 378 g/mol. The number of hydrogen-bond donors (Lipinski definition) is 1. The predicted octanol–water partition coefficient (Wildman–Crippen LogP) is 1.91. The summed E-state index contributed by atoms with van der Waals surface area (Å²) in [4.78, 5) is 22.3. The number of amides is 1. The maximum Gasteiger partial charge on any atom is 0.284 e. The van der Waals surface area contributed by atoms with Gasteiger partial charge in [-0.2, -0.15) is 0 Å². The Morgan fingerprint density at radius 3 is 2.48 bits per heavy atom. The van der Waals surface area contributed by atoms with Crippen molar-refractivity contribution in [1.82, 2.24) is 5.32 Å². The lowest BCUT2D eigenvalue weighted by Crippen LogP contribution is -2.43. The zero-order valence-electron chi connectivity index (χ0n) is 11.7. The van der Waals surface area contributed by atoms with Crippen LogP contribution in [0.4, 0.5) is 5.69 Å². The zero-order valence-corrected chi connectivity index (χ0v) is 14.1. The van der Waals surface area contributed by atoms with Crippen molar-refractivity contribution in [3.8, 4) is 0 Å². The minimum Gasteiger partial charge on any atom is -0.350 e. The molecule has 116 valence electrons. The largest absolute Gasteiger partial charge is 0.350 e. The van der Waals surface area contributed by atoms with Gasteiger partial charge in [-0.15, -0.1) is 0 Å². The third kappa shape index (κ3) is 4.01. The zero-order chi connectivity index (χ0) is 16.4. The first-order valence-corrected chi connectivity index (χ1v) is 8.56. The fraction of sp³-hybridized carbons (Fsp3) is 0.417. The number of nitro groups is 1. The van der Waals surface area contributed by atoms with Crippen molar-refractivity contribution in [2.75, 3.05) is 12.8 Å². The molecule has 0 saturated heterocycles. The van der Waals surface area contributed by atoms with Gasteiger partial charge in [0.25, 0.3) is 11.6 Å². The Hall–Kier alpha value is -1.48. The first-order chi connectivity index (χ1) is 9.47. The molecule has 1 aromatic carbocycles. The number of nitro benzene ring substituents is 1. The van der Waals surface area contributed by atoms with Gasteiger partial charge in [0.05, 0.1) is 15.2 Å². The van der Waals surface area contributed by atoms with E-state index >= 15 is 0 Å². The molecule has 0 radical (unpaired) electrons. The van der Waals surface area contributed by atoms with Crippen LogP contribution in [0.2, 0.25) is 0 Å². The Bertz CT molecular complexity index is 685. The Balaban J connectivity index is 2.97. The van der Waals surface area contributed by atoms with Crippen LogP contribution >= 0.6 is 15.9 Å². The molecule has 7 nitrogen and oxygen atoms in total. The quantitative estimate of drug-likeness (QED) is 0.621. The van der Waals surface area contributed by atoms with Crippen LogP contribution in [0.1, 0.15) is 24.2 Å². The Morgan fingerprint density at radius 2 is 2.00 bits per heavy atom. The molecule has 0 aliphatic carbocycles. The van der Waals surface area contributed by atoms with E-state index in [-0.39, 0.29) is 22.3 Å². The lowest BCUT2D eigenvalue weighted by Gasteiger charge is -2.22. The van der Waals surface area contributed by atoms with Gasteiger partial charge in [0, 0.05) is 18.9 Å². The molecule has 21 heavy (non-hydrogen) atoms. The summed E-state index contributed by atoms with van der Waals surface area (Å²) in [6, 6.07) is 4.07. The number of sulfone groups is 1. The number of nitrogens with one attached hydrogen (secondary N) is 1. The Kier molecular flexibility index (Phi) is 5.11. The van der Waals surface area contributed by atoms with Crippen LogP contribution in [0.3, 0.4) is 0 Å². The first-order valence-electron chi connectivity index (χ1n) is 5.88. The first kappa shape index (κ1) is 17.6. The van der Waals surface area contributed by atoms with Crippen molar-refractivity contribution >= 4 is 37.4 Å². The SMILES string of the molecule is CC(C)(CNC(=O)c1cccc([N+](=O)[O-])c1Br)S(C)(=O)=O. The van der Waals surface area contributed by atoms with Crippen molar-refractivity contribution in [3.63, 3.8) is 0 Å². The average Bonchev–Trinajstić information content (AvgIpc) is 2.34. The van der Waals surface area contributed by atoms with E-state index < -0.39 is 25.4 Å². The molecule has 9 heteroatoms. The van der Waals surface area contributed by atoms with Crippen LogP contribution in [-0.2, 0) is 9.84 Å². The van der Waals surface area contributed by atoms with Crippen LogP contribution in [0.15, 0.2) is 22.7 Å². The number of halogens is 1. The van der Waals surface area contributed by atoms with Crippen molar-refractivity contribution in [2.24, 2.45) is 0 Å². The normalized spacial score (nSPS) is 12.0. The summed E-state index contributed by atoms with van der Waals surface area (Å²) in [6.07, 6.45) is 1.09. The minimum atomic E-state index is -3.35. The second-order valence-corrected chi connectivity index (χ2v) is 8.55. The van der Waals surface area contributed by atoms with Crippen molar-refractivity contribution in [1.29, 1.82) is 0 Å². The summed E-state index contributed by atoms with van der Waals surface area (Å²) >= 11 is 3.02. The van der Waals surface area contributed by atoms with E-state index in [4.69, 9.17) is 0 Å². The summed E-state index contributed by atoms with van der Waals surface area (Å²) in [6.45, 7) is 2.88. The molecule has 0 atom stereocenters. The standard InChI is InChI=1S/C12H15BrN2O5S/c1-12(2,21(3,19)20)7-14-11(16)8-5-4-6-9(10(8)13)15(17)18/h4-6H,7H2,1-3H3,(H,14,16). The number of carbonyl (C=O) groups is 1. The molecule has 0 bridgehead atoms. The minimum absolute atomic E-state index is 0.0599. The highest BCUT2D eigenvalue weighted by atomic mass is 79.9. The van der Waals surface area contributed by atoms with E-state index in [0.717, 1.165) is 6.26 Å². The van der Waals surface area contributed by atoms with Gasteiger partial charge >= 0.3 is 0 Å². The van der Waals surface area contributed by atoms with Crippen LogP contribution in [0, 0.1) is 10.1 Å². The molecule has 1 rings (SSSR count). The predicted molar refractivity (Wildman–Crippen MR) is 82.1 cm³/mol. The average molecular weight is 379 g/mol. The van der Waals surface area contributed by atoms with Gasteiger partial charge in [0.1, 0.15) is 4.47 Å².